The summed E-state index contributed by atoms with van der Waals surface area (Å²) in [5.74, 6) is -0.000818. The lowest BCUT2D eigenvalue weighted by Crippen LogP contribution is -2.44. The van der Waals surface area contributed by atoms with Gasteiger partial charge in [-0.25, -0.2) is 0 Å². The van der Waals surface area contributed by atoms with Crippen LogP contribution in [0.1, 0.15) is 45.4 Å². The summed E-state index contributed by atoms with van der Waals surface area (Å²) in [5, 5.41) is 8.87. The maximum absolute atomic E-state index is 10.8. The van der Waals surface area contributed by atoms with Gasteiger partial charge in [0.05, 0.1) is 0 Å². The third-order valence-electron chi connectivity index (χ3n) is 3.77. The monoisotopic (exact) mass is 242 g/mol. The molecule has 0 saturated heterocycles. The molecule has 0 amide bonds. The highest BCUT2D eigenvalue weighted by atomic mass is 16.4. The van der Waals surface area contributed by atoms with Crippen LogP contribution in [0.5, 0.6) is 0 Å². The molecular formula is C13H26N2O2. The Hall–Kier alpha value is -0.610. The molecule has 0 spiro atoms. The molecule has 0 aromatic heterocycles. The molecular weight excluding hydrogens is 216 g/mol. The fraction of sp³-hybridized carbons (Fsp3) is 0.923. The van der Waals surface area contributed by atoms with E-state index in [1.807, 2.05) is 0 Å². The molecule has 1 atom stereocenters. The average molecular weight is 242 g/mol. The van der Waals surface area contributed by atoms with Gasteiger partial charge < -0.3 is 15.7 Å². The number of nitrogens with zero attached hydrogens (tertiary/aromatic N) is 1. The second-order valence-electron chi connectivity index (χ2n) is 5.74. The molecule has 4 nitrogen and oxygen atoms in total. The van der Waals surface area contributed by atoms with Crippen LogP contribution in [-0.2, 0) is 4.79 Å². The Morgan fingerprint density at radius 1 is 1.47 bits per heavy atom. The van der Waals surface area contributed by atoms with Crippen molar-refractivity contribution >= 4 is 5.97 Å². The van der Waals surface area contributed by atoms with Crippen LogP contribution in [-0.4, -0.2) is 41.7 Å². The third-order valence-corrected chi connectivity index (χ3v) is 3.77. The number of carboxylic acid groups (broad SMARTS) is 1. The molecule has 0 radical (unpaired) electrons. The van der Waals surface area contributed by atoms with E-state index in [1.165, 1.54) is 25.8 Å². The highest BCUT2D eigenvalue weighted by Gasteiger charge is 2.26. The standard InChI is InChI=1S/C13H26N2O2/c1-13(14,12(16)17)8-3-4-9-15(2)10-11-6-5-7-11/h11H,3-10,14H2,1-2H3,(H,16,17). The van der Waals surface area contributed by atoms with Crippen molar-refractivity contribution in [2.45, 2.75) is 51.0 Å². The quantitative estimate of drug-likeness (QED) is 0.636. The van der Waals surface area contributed by atoms with Gasteiger partial charge in [0.1, 0.15) is 5.54 Å². The Morgan fingerprint density at radius 3 is 2.59 bits per heavy atom. The molecule has 100 valence electrons. The summed E-state index contributed by atoms with van der Waals surface area (Å²) in [6.45, 7) is 3.83. The Bertz CT molecular complexity index is 250. The lowest BCUT2D eigenvalue weighted by Gasteiger charge is -2.30. The smallest absolute Gasteiger partial charge is 0.323 e. The summed E-state index contributed by atoms with van der Waals surface area (Å²) < 4.78 is 0. The van der Waals surface area contributed by atoms with Gasteiger partial charge in [-0.05, 0) is 58.5 Å². The number of hydrogen-bond donors (Lipinski definition) is 2. The van der Waals surface area contributed by atoms with Gasteiger partial charge in [-0.3, -0.25) is 4.79 Å². The van der Waals surface area contributed by atoms with E-state index in [9.17, 15) is 4.79 Å². The van der Waals surface area contributed by atoms with Crippen LogP contribution in [0.25, 0.3) is 0 Å². The number of nitrogens with two attached hydrogens (primary N) is 1. The Kier molecular flexibility index (Phi) is 5.40. The predicted molar refractivity (Wildman–Crippen MR) is 68.9 cm³/mol. The minimum Gasteiger partial charge on any atom is -0.480 e. The van der Waals surface area contributed by atoms with Crippen LogP contribution in [0.4, 0.5) is 0 Å². The number of carboxylic acids is 1. The number of unbranched alkanes of at least 4 members (excludes halogenated alkanes) is 1. The SMILES string of the molecule is CN(CCCCC(C)(N)C(=O)O)CC1CCC1. The Labute approximate surface area is 104 Å². The van der Waals surface area contributed by atoms with E-state index in [4.69, 9.17) is 10.8 Å². The molecule has 1 aliphatic rings. The highest BCUT2D eigenvalue weighted by Crippen LogP contribution is 2.26. The van der Waals surface area contributed by atoms with Crippen molar-refractivity contribution in [1.82, 2.24) is 4.90 Å². The number of hydrogen-bond acceptors (Lipinski definition) is 3. The molecule has 3 N–H and O–H groups in total. The molecule has 0 aromatic rings. The van der Waals surface area contributed by atoms with E-state index in [0.717, 1.165) is 25.3 Å². The largest absolute Gasteiger partial charge is 0.480 e. The predicted octanol–water partition coefficient (Wildman–Crippen LogP) is 1.69. The minimum absolute atomic E-state index is 0.555. The summed E-state index contributed by atoms with van der Waals surface area (Å²) in [6, 6.07) is 0. The van der Waals surface area contributed by atoms with Crippen molar-refractivity contribution in [2.75, 3.05) is 20.1 Å². The van der Waals surface area contributed by atoms with Crippen LogP contribution >= 0.6 is 0 Å². The number of rotatable bonds is 8. The van der Waals surface area contributed by atoms with Crippen molar-refractivity contribution < 1.29 is 9.90 Å². The summed E-state index contributed by atoms with van der Waals surface area (Å²) in [7, 11) is 2.15. The highest BCUT2D eigenvalue weighted by molar-refractivity contribution is 5.77. The van der Waals surface area contributed by atoms with Crippen LogP contribution in [0.3, 0.4) is 0 Å². The van der Waals surface area contributed by atoms with Crippen molar-refractivity contribution in [3.63, 3.8) is 0 Å². The summed E-state index contributed by atoms with van der Waals surface area (Å²) >= 11 is 0. The molecule has 1 fully saturated rings. The van der Waals surface area contributed by atoms with Gasteiger partial charge >= 0.3 is 5.97 Å². The minimum atomic E-state index is -1.06. The lowest BCUT2D eigenvalue weighted by molar-refractivity contribution is -0.142. The first-order chi connectivity index (χ1) is 7.92. The fourth-order valence-electron chi connectivity index (χ4n) is 2.19. The van der Waals surface area contributed by atoms with E-state index in [2.05, 4.69) is 11.9 Å². The molecule has 0 heterocycles. The zero-order valence-electron chi connectivity index (χ0n) is 11.1. The van der Waals surface area contributed by atoms with Gasteiger partial charge in [0.15, 0.2) is 0 Å². The Morgan fingerprint density at radius 2 is 2.12 bits per heavy atom. The Balaban J connectivity index is 2.04. The van der Waals surface area contributed by atoms with Gasteiger partial charge in [-0.1, -0.05) is 6.42 Å². The van der Waals surface area contributed by atoms with E-state index in [0.29, 0.717) is 6.42 Å². The molecule has 0 bridgehead atoms. The summed E-state index contributed by atoms with van der Waals surface area (Å²) in [5.41, 5.74) is 4.61. The first kappa shape index (κ1) is 14.5. The van der Waals surface area contributed by atoms with Crippen molar-refractivity contribution in [3.05, 3.63) is 0 Å². The van der Waals surface area contributed by atoms with E-state index < -0.39 is 11.5 Å². The van der Waals surface area contributed by atoms with Crippen LogP contribution in [0, 0.1) is 5.92 Å². The molecule has 0 aromatic carbocycles. The van der Waals surface area contributed by atoms with Gasteiger partial charge in [0.2, 0.25) is 0 Å². The van der Waals surface area contributed by atoms with E-state index in [-0.39, 0.29) is 0 Å². The maximum atomic E-state index is 10.8. The summed E-state index contributed by atoms with van der Waals surface area (Å²) in [6.07, 6.45) is 6.62. The van der Waals surface area contributed by atoms with Crippen molar-refractivity contribution in [2.24, 2.45) is 11.7 Å². The first-order valence-electron chi connectivity index (χ1n) is 6.62. The summed E-state index contributed by atoms with van der Waals surface area (Å²) in [4.78, 5) is 13.2. The first-order valence-corrected chi connectivity index (χ1v) is 6.62. The lowest BCUT2D eigenvalue weighted by atomic mass is 9.85. The average Bonchev–Trinajstić information content (AvgIpc) is 2.18. The van der Waals surface area contributed by atoms with E-state index in [1.54, 1.807) is 6.92 Å². The number of aliphatic carboxylic acids is 1. The molecule has 1 rings (SSSR count). The maximum Gasteiger partial charge on any atom is 0.323 e. The van der Waals surface area contributed by atoms with Gasteiger partial charge in [0.25, 0.3) is 0 Å². The molecule has 1 aliphatic carbocycles. The topological polar surface area (TPSA) is 66.6 Å². The zero-order chi connectivity index (χ0) is 12.9. The second kappa shape index (κ2) is 6.36. The van der Waals surface area contributed by atoms with Crippen LogP contribution in [0.2, 0.25) is 0 Å². The van der Waals surface area contributed by atoms with Gasteiger partial charge in [0, 0.05) is 6.54 Å². The molecule has 1 unspecified atom stereocenters. The molecule has 17 heavy (non-hydrogen) atoms. The molecule has 0 aliphatic heterocycles. The fourth-order valence-corrected chi connectivity index (χ4v) is 2.19. The van der Waals surface area contributed by atoms with Crippen molar-refractivity contribution in [1.29, 1.82) is 0 Å². The molecule has 4 heteroatoms. The normalized spacial score (nSPS) is 20.0. The molecule has 1 saturated carbocycles. The number of carbonyl (C=O) groups is 1. The van der Waals surface area contributed by atoms with Gasteiger partial charge in [-0.15, -0.1) is 0 Å². The zero-order valence-corrected chi connectivity index (χ0v) is 11.1. The van der Waals surface area contributed by atoms with Gasteiger partial charge in [-0.2, -0.15) is 0 Å². The third kappa shape index (κ3) is 5.04. The van der Waals surface area contributed by atoms with Crippen LogP contribution in [0.15, 0.2) is 0 Å². The van der Waals surface area contributed by atoms with Crippen LogP contribution < -0.4 is 5.73 Å². The second-order valence-corrected chi connectivity index (χ2v) is 5.74. The van der Waals surface area contributed by atoms with Crippen molar-refractivity contribution in [3.8, 4) is 0 Å². The van der Waals surface area contributed by atoms with E-state index >= 15 is 0 Å².